The average molecular weight is 375 g/mol. The highest BCUT2D eigenvalue weighted by molar-refractivity contribution is 7.99. The van der Waals surface area contributed by atoms with Gasteiger partial charge in [-0.1, -0.05) is 18.2 Å². The highest BCUT2D eigenvalue weighted by Gasteiger charge is 2.15. The molecule has 26 heavy (non-hydrogen) atoms. The zero-order valence-corrected chi connectivity index (χ0v) is 16.8. The number of rotatable bonds is 9. The first-order valence-electron chi connectivity index (χ1n) is 9.57. The Morgan fingerprint density at radius 2 is 1.81 bits per heavy atom. The normalized spacial score (nSPS) is 15.7. The van der Waals surface area contributed by atoms with Crippen LogP contribution in [0.5, 0.6) is 0 Å². The molecular weight excluding hydrogens is 344 g/mol. The molecule has 1 aliphatic heterocycles. The molecule has 1 saturated heterocycles. The van der Waals surface area contributed by atoms with Gasteiger partial charge in [0.05, 0.1) is 0 Å². The fourth-order valence-electron chi connectivity index (χ4n) is 3.31. The van der Waals surface area contributed by atoms with E-state index in [2.05, 4.69) is 43.6 Å². The summed E-state index contributed by atoms with van der Waals surface area (Å²) in [5.41, 5.74) is 1.08. The van der Waals surface area contributed by atoms with Crippen LogP contribution < -0.4 is 0 Å². The van der Waals surface area contributed by atoms with Crippen molar-refractivity contribution in [1.29, 1.82) is 0 Å². The summed E-state index contributed by atoms with van der Waals surface area (Å²) in [5, 5.41) is 10.0. The predicted molar refractivity (Wildman–Crippen MR) is 107 cm³/mol. The van der Waals surface area contributed by atoms with Crippen molar-refractivity contribution >= 4 is 11.8 Å². The van der Waals surface area contributed by atoms with Gasteiger partial charge in [0.15, 0.2) is 11.0 Å². The summed E-state index contributed by atoms with van der Waals surface area (Å²) in [5.74, 6) is 2.02. The van der Waals surface area contributed by atoms with Crippen LogP contribution in [-0.2, 0) is 6.54 Å². The van der Waals surface area contributed by atoms with E-state index in [1.54, 1.807) is 0 Å². The molecule has 0 aromatic carbocycles. The number of hydrogen-bond acceptors (Lipinski definition) is 6. The summed E-state index contributed by atoms with van der Waals surface area (Å²) in [6.45, 7) is 5.64. The molecule has 0 unspecified atom stereocenters. The Morgan fingerprint density at radius 1 is 1.04 bits per heavy atom. The van der Waals surface area contributed by atoms with Crippen molar-refractivity contribution in [3.63, 3.8) is 0 Å². The molecule has 0 N–H and O–H groups in total. The van der Waals surface area contributed by atoms with Gasteiger partial charge < -0.3 is 14.4 Å². The molecule has 3 heterocycles. The number of aromatic nitrogens is 4. The van der Waals surface area contributed by atoms with E-state index in [0.29, 0.717) is 0 Å². The van der Waals surface area contributed by atoms with Crippen LogP contribution in [0.1, 0.15) is 25.7 Å². The van der Waals surface area contributed by atoms with Crippen molar-refractivity contribution in [2.75, 3.05) is 46.0 Å². The summed E-state index contributed by atoms with van der Waals surface area (Å²) >= 11 is 1.83. The minimum atomic E-state index is 0.939. The van der Waals surface area contributed by atoms with Crippen LogP contribution >= 0.6 is 11.8 Å². The second-order valence-electron chi connectivity index (χ2n) is 7.10. The van der Waals surface area contributed by atoms with Crippen molar-refractivity contribution in [3.05, 3.63) is 24.5 Å². The zero-order chi connectivity index (χ0) is 18.2. The van der Waals surface area contributed by atoms with E-state index in [1.165, 1.54) is 32.4 Å². The summed E-state index contributed by atoms with van der Waals surface area (Å²) < 4.78 is 2.28. The smallest absolute Gasteiger partial charge is 0.191 e. The minimum Gasteiger partial charge on any atom is -0.309 e. The first-order valence-corrected chi connectivity index (χ1v) is 10.6. The maximum atomic E-state index is 4.50. The molecule has 0 amide bonds. The lowest BCUT2D eigenvalue weighted by atomic mass is 10.1. The van der Waals surface area contributed by atoms with E-state index < -0.39 is 0 Å². The first-order chi connectivity index (χ1) is 12.7. The van der Waals surface area contributed by atoms with E-state index in [1.807, 2.05) is 36.3 Å². The molecule has 2 aromatic heterocycles. The first kappa shape index (κ1) is 19.3. The van der Waals surface area contributed by atoms with Gasteiger partial charge in [-0.2, -0.15) is 0 Å². The Kier molecular flexibility index (Phi) is 7.46. The van der Waals surface area contributed by atoms with Gasteiger partial charge in [0.25, 0.3) is 0 Å². The zero-order valence-electron chi connectivity index (χ0n) is 16.0. The van der Waals surface area contributed by atoms with E-state index in [-0.39, 0.29) is 0 Å². The quantitative estimate of drug-likeness (QED) is 0.629. The Labute approximate surface area is 161 Å². The molecule has 0 atom stereocenters. The SMILES string of the molecule is CN(C)CCCn1c(SCCN2CCCCC2)nnc1-c1ccncc1. The van der Waals surface area contributed by atoms with E-state index >= 15 is 0 Å². The van der Waals surface area contributed by atoms with Crippen LogP contribution in [-0.4, -0.2) is 75.6 Å². The third-order valence-electron chi connectivity index (χ3n) is 4.73. The van der Waals surface area contributed by atoms with E-state index in [9.17, 15) is 0 Å². The van der Waals surface area contributed by atoms with Crippen molar-refractivity contribution in [2.45, 2.75) is 37.4 Å². The molecule has 1 aliphatic rings. The van der Waals surface area contributed by atoms with Gasteiger partial charge in [-0.25, -0.2) is 0 Å². The molecule has 0 radical (unpaired) electrons. The van der Waals surface area contributed by atoms with Gasteiger partial charge in [0.2, 0.25) is 0 Å². The second-order valence-corrected chi connectivity index (χ2v) is 8.16. The van der Waals surface area contributed by atoms with Gasteiger partial charge in [0.1, 0.15) is 0 Å². The number of nitrogens with zero attached hydrogens (tertiary/aromatic N) is 6. The molecule has 2 aromatic rings. The van der Waals surface area contributed by atoms with Crippen LogP contribution in [0, 0.1) is 0 Å². The third kappa shape index (κ3) is 5.53. The third-order valence-corrected chi connectivity index (χ3v) is 5.68. The lowest BCUT2D eigenvalue weighted by molar-refractivity contribution is 0.242. The molecule has 1 fully saturated rings. The highest BCUT2D eigenvalue weighted by Crippen LogP contribution is 2.24. The summed E-state index contributed by atoms with van der Waals surface area (Å²) in [4.78, 5) is 8.92. The lowest BCUT2D eigenvalue weighted by Crippen LogP contribution is -2.31. The lowest BCUT2D eigenvalue weighted by Gasteiger charge is -2.25. The number of thioether (sulfide) groups is 1. The topological polar surface area (TPSA) is 50.1 Å². The van der Waals surface area contributed by atoms with Gasteiger partial charge in [-0.3, -0.25) is 4.98 Å². The van der Waals surface area contributed by atoms with Crippen LogP contribution in [0.3, 0.4) is 0 Å². The summed E-state index contributed by atoms with van der Waals surface area (Å²) in [6.07, 6.45) is 8.80. The molecule has 0 aliphatic carbocycles. The predicted octanol–water partition coefficient (Wildman–Crippen LogP) is 2.87. The largest absolute Gasteiger partial charge is 0.309 e. The summed E-state index contributed by atoms with van der Waals surface area (Å²) in [6, 6.07) is 4.02. The van der Waals surface area contributed by atoms with Gasteiger partial charge in [-0.15, -0.1) is 10.2 Å². The number of pyridine rings is 1. The van der Waals surface area contributed by atoms with Crippen LogP contribution in [0.15, 0.2) is 29.7 Å². The maximum Gasteiger partial charge on any atom is 0.191 e. The Bertz CT molecular complexity index is 651. The fourth-order valence-corrected chi connectivity index (χ4v) is 4.27. The van der Waals surface area contributed by atoms with Gasteiger partial charge >= 0.3 is 0 Å². The molecule has 0 saturated carbocycles. The molecule has 142 valence electrons. The van der Waals surface area contributed by atoms with Crippen molar-refractivity contribution in [3.8, 4) is 11.4 Å². The molecule has 0 bridgehead atoms. The number of hydrogen-bond donors (Lipinski definition) is 0. The van der Waals surface area contributed by atoms with E-state index in [0.717, 1.165) is 48.4 Å². The fraction of sp³-hybridized carbons (Fsp3) is 0.632. The molecule has 3 rings (SSSR count). The molecule has 0 spiro atoms. The molecule has 6 nitrogen and oxygen atoms in total. The number of likely N-dealkylation sites (tertiary alicyclic amines) is 1. The molecule has 7 heteroatoms. The Hall–Kier alpha value is -1.44. The van der Waals surface area contributed by atoms with E-state index in [4.69, 9.17) is 0 Å². The standard InChI is InChI=1S/C19H30N6S/c1-23(2)11-6-14-25-18(17-7-9-20-10-8-17)21-22-19(25)26-16-15-24-12-4-3-5-13-24/h7-10H,3-6,11-16H2,1-2H3. The maximum absolute atomic E-state index is 4.50. The highest BCUT2D eigenvalue weighted by atomic mass is 32.2. The van der Waals surface area contributed by atoms with Crippen molar-refractivity contribution in [2.24, 2.45) is 0 Å². The number of piperidine rings is 1. The Morgan fingerprint density at radius 3 is 2.54 bits per heavy atom. The van der Waals surface area contributed by atoms with Crippen LogP contribution in [0.25, 0.3) is 11.4 Å². The van der Waals surface area contributed by atoms with Crippen molar-refractivity contribution in [1.82, 2.24) is 29.5 Å². The monoisotopic (exact) mass is 374 g/mol. The minimum absolute atomic E-state index is 0.939. The average Bonchev–Trinajstić information content (AvgIpc) is 3.06. The van der Waals surface area contributed by atoms with Gasteiger partial charge in [0, 0.05) is 36.8 Å². The van der Waals surface area contributed by atoms with Crippen LogP contribution in [0.2, 0.25) is 0 Å². The van der Waals surface area contributed by atoms with Crippen LogP contribution in [0.4, 0.5) is 0 Å². The van der Waals surface area contributed by atoms with Gasteiger partial charge in [-0.05, 0) is 65.1 Å². The Balaban J connectivity index is 1.66. The van der Waals surface area contributed by atoms with Crippen molar-refractivity contribution < 1.29 is 0 Å². The second kappa shape index (κ2) is 10.0. The molecular formula is C19H30N6S. The summed E-state index contributed by atoms with van der Waals surface area (Å²) in [7, 11) is 4.23.